The van der Waals surface area contributed by atoms with Gasteiger partial charge in [-0.3, -0.25) is 14.9 Å². The highest BCUT2D eigenvalue weighted by atomic mass is 32.1. The molecular formula is C9H9N3O3S. The lowest BCUT2D eigenvalue weighted by atomic mass is 10.3. The number of nitrogen functional groups attached to an aromatic ring is 1. The number of nitrogens with two attached hydrogens (primary N) is 1. The van der Waals surface area contributed by atoms with Gasteiger partial charge in [0.05, 0.1) is 15.1 Å². The van der Waals surface area contributed by atoms with Crippen LogP contribution in [0.1, 0.15) is 6.92 Å². The molecule has 0 spiro atoms. The van der Waals surface area contributed by atoms with Crippen molar-refractivity contribution >= 4 is 32.9 Å². The maximum absolute atomic E-state index is 11.8. The van der Waals surface area contributed by atoms with Crippen LogP contribution in [0.5, 0.6) is 0 Å². The van der Waals surface area contributed by atoms with Crippen LogP contribution in [0.2, 0.25) is 0 Å². The SMILES string of the molecule is CCn1c(=O)c([N+](=O)[O-])c(N)c2sccc21. The number of anilines is 1. The molecule has 0 aliphatic heterocycles. The fraction of sp³-hybridized carbons (Fsp3) is 0.222. The summed E-state index contributed by atoms with van der Waals surface area (Å²) >= 11 is 1.29. The van der Waals surface area contributed by atoms with E-state index in [1.54, 1.807) is 18.4 Å². The van der Waals surface area contributed by atoms with Gasteiger partial charge >= 0.3 is 11.2 Å². The molecule has 0 radical (unpaired) electrons. The maximum atomic E-state index is 11.8. The summed E-state index contributed by atoms with van der Waals surface area (Å²) in [5.41, 5.74) is 5.09. The van der Waals surface area contributed by atoms with Crippen molar-refractivity contribution in [3.05, 3.63) is 31.9 Å². The first kappa shape index (κ1) is 10.6. The normalized spacial score (nSPS) is 10.8. The zero-order valence-electron chi connectivity index (χ0n) is 8.47. The molecule has 6 nitrogen and oxygen atoms in total. The molecule has 0 aromatic carbocycles. The Hall–Kier alpha value is -1.89. The Bertz CT molecular complexity index is 629. The van der Waals surface area contributed by atoms with Crippen molar-refractivity contribution in [2.24, 2.45) is 0 Å². The monoisotopic (exact) mass is 239 g/mol. The highest BCUT2D eigenvalue weighted by Crippen LogP contribution is 2.31. The Kier molecular flexibility index (Phi) is 2.39. The second-order valence-electron chi connectivity index (χ2n) is 3.20. The summed E-state index contributed by atoms with van der Waals surface area (Å²) in [5.74, 6) is 0. The van der Waals surface area contributed by atoms with E-state index in [0.29, 0.717) is 16.8 Å². The fourth-order valence-electron chi connectivity index (χ4n) is 1.67. The zero-order valence-corrected chi connectivity index (χ0v) is 9.28. The highest BCUT2D eigenvalue weighted by Gasteiger charge is 2.23. The molecule has 2 N–H and O–H groups in total. The summed E-state index contributed by atoms with van der Waals surface area (Å²) in [5, 5.41) is 12.6. The van der Waals surface area contributed by atoms with E-state index in [0.717, 1.165) is 0 Å². The Morgan fingerprint density at radius 2 is 2.31 bits per heavy atom. The number of hydrogen-bond donors (Lipinski definition) is 1. The van der Waals surface area contributed by atoms with Crippen molar-refractivity contribution in [1.29, 1.82) is 0 Å². The maximum Gasteiger partial charge on any atom is 0.358 e. The Morgan fingerprint density at radius 1 is 1.62 bits per heavy atom. The molecule has 0 saturated heterocycles. The molecular weight excluding hydrogens is 230 g/mol. The number of aromatic nitrogens is 1. The number of nitro groups is 1. The van der Waals surface area contributed by atoms with Crippen molar-refractivity contribution < 1.29 is 4.92 Å². The number of fused-ring (bicyclic) bond motifs is 1. The quantitative estimate of drug-likeness (QED) is 0.636. The van der Waals surface area contributed by atoms with E-state index in [2.05, 4.69) is 0 Å². The second kappa shape index (κ2) is 3.60. The third-order valence-electron chi connectivity index (χ3n) is 2.38. The summed E-state index contributed by atoms with van der Waals surface area (Å²) in [4.78, 5) is 21.9. The van der Waals surface area contributed by atoms with Crippen molar-refractivity contribution in [1.82, 2.24) is 4.57 Å². The topological polar surface area (TPSA) is 91.2 Å². The standard InChI is InChI=1S/C9H9N3O3S/c1-2-11-5-3-4-16-8(5)6(10)7(9(11)13)12(14)15/h3-4H,2,10H2,1H3. The van der Waals surface area contributed by atoms with Crippen LogP contribution >= 0.6 is 11.3 Å². The van der Waals surface area contributed by atoms with Gasteiger partial charge in [-0.1, -0.05) is 0 Å². The molecule has 0 fully saturated rings. The second-order valence-corrected chi connectivity index (χ2v) is 4.12. The van der Waals surface area contributed by atoms with Gasteiger partial charge in [-0.2, -0.15) is 0 Å². The van der Waals surface area contributed by atoms with Gasteiger partial charge in [0.15, 0.2) is 0 Å². The predicted octanol–water partition coefficient (Wildman–Crippen LogP) is 1.57. The van der Waals surface area contributed by atoms with Gasteiger partial charge in [0, 0.05) is 6.54 Å². The van der Waals surface area contributed by atoms with Gasteiger partial charge in [0.2, 0.25) is 0 Å². The minimum Gasteiger partial charge on any atom is -0.392 e. The predicted molar refractivity (Wildman–Crippen MR) is 62.8 cm³/mol. The molecule has 0 unspecified atom stereocenters. The molecule has 0 aliphatic carbocycles. The van der Waals surface area contributed by atoms with E-state index in [1.165, 1.54) is 15.9 Å². The van der Waals surface area contributed by atoms with E-state index < -0.39 is 16.2 Å². The Labute approximate surface area is 94.1 Å². The van der Waals surface area contributed by atoms with Crippen LogP contribution in [-0.4, -0.2) is 9.49 Å². The van der Waals surface area contributed by atoms with E-state index in [1.807, 2.05) is 0 Å². The fourth-order valence-corrected chi connectivity index (χ4v) is 2.52. The minimum absolute atomic E-state index is 0.0373. The van der Waals surface area contributed by atoms with Crippen molar-refractivity contribution in [2.75, 3.05) is 5.73 Å². The molecule has 2 heterocycles. The lowest BCUT2D eigenvalue weighted by Crippen LogP contribution is -2.23. The van der Waals surface area contributed by atoms with Crippen LogP contribution in [0.3, 0.4) is 0 Å². The number of rotatable bonds is 2. The molecule has 0 aliphatic rings. The van der Waals surface area contributed by atoms with E-state index in [-0.39, 0.29) is 5.69 Å². The minimum atomic E-state index is -0.719. The van der Waals surface area contributed by atoms with Crippen LogP contribution in [0, 0.1) is 10.1 Å². The Morgan fingerprint density at radius 3 is 2.88 bits per heavy atom. The molecule has 0 bridgehead atoms. The smallest absolute Gasteiger partial charge is 0.358 e. The van der Waals surface area contributed by atoms with Crippen LogP contribution in [0.15, 0.2) is 16.2 Å². The van der Waals surface area contributed by atoms with Crippen molar-refractivity contribution in [2.45, 2.75) is 13.5 Å². The van der Waals surface area contributed by atoms with Crippen molar-refractivity contribution in [3.63, 3.8) is 0 Å². The number of thiophene rings is 1. The molecule has 0 amide bonds. The van der Waals surface area contributed by atoms with E-state index in [9.17, 15) is 14.9 Å². The van der Waals surface area contributed by atoms with E-state index >= 15 is 0 Å². The summed E-state index contributed by atoms with van der Waals surface area (Å²) in [7, 11) is 0. The molecule has 2 rings (SSSR count). The molecule has 0 atom stereocenters. The van der Waals surface area contributed by atoms with Crippen LogP contribution in [0.4, 0.5) is 11.4 Å². The first-order valence-corrected chi connectivity index (χ1v) is 5.49. The summed E-state index contributed by atoms with van der Waals surface area (Å²) in [6.45, 7) is 2.14. The van der Waals surface area contributed by atoms with Gasteiger partial charge in [-0.25, -0.2) is 0 Å². The third kappa shape index (κ3) is 1.28. The van der Waals surface area contributed by atoms with Gasteiger partial charge in [-0.15, -0.1) is 11.3 Å². The molecule has 2 aromatic heterocycles. The highest BCUT2D eigenvalue weighted by molar-refractivity contribution is 7.17. The number of aryl methyl sites for hydroxylation is 1. The molecule has 2 aromatic rings. The van der Waals surface area contributed by atoms with Gasteiger partial charge < -0.3 is 10.3 Å². The van der Waals surface area contributed by atoms with E-state index in [4.69, 9.17) is 5.73 Å². The molecule has 7 heteroatoms. The lowest BCUT2D eigenvalue weighted by molar-refractivity contribution is -0.385. The summed E-state index contributed by atoms with van der Waals surface area (Å²) in [6, 6.07) is 1.74. The first-order valence-electron chi connectivity index (χ1n) is 4.61. The van der Waals surface area contributed by atoms with Gasteiger partial charge in [-0.05, 0) is 18.4 Å². The van der Waals surface area contributed by atoms with Gasteiger partial charge in [0.25, 0.3) is 0 Å². The zero-order chi connectivity index (χ0) is 11.9. The largest absolute Gasteiger partial charge is 0.392 e. The number of pyridine rings is 1. The average molecular weight is 239 g/mol. The van der Waals surface area contributed by atoms with Crippen LogP contribution < -0.4 is 11.3 Å². The average Bonchev–Trinajstić information content (AvgIpc) is 2.66. The Balaban J connectivity index is 3.02. The number of nitrogens with zero attached hydrogens (tertiary/aromatic N) is 2. The van der Waals surface area contributed by atoms with Crippen LogP contribution in [0.25, 0.3) is 10.2 Å². The third-order valence-corrected chi connectivity index (χ3v) is 3.32. The van der Waals surface area contributed by atoms with Crippen LogP contribution in [-0.2, 0) is 6.54 Å². The summed E-state index contributed by atoms with van der Waals surface area (Å²) in [6.07, 6.45) is 0. The first-order chi connectivity index (χ1) is 7.57. The summed E-state index contributed by atoms with van der Waals surface area (Å²) < 4.78 is 1.95. The van der Waals surface area contributed by atoms with Crippen molar-refractivity contribution in [3.8, 4) is 0 Å². The molecule has 84 valence electrons. The van der Waals surface area contributed by atoms with Gasteiger partial charge in [0.1, 0.15) is 5.69 Å². The lowest BCUT2D eigenvalue weighted by Gasteiger charge is -2.06. The number of hydrogen-bond acceptors (Lipinski definition) is 5. The molecule has 0 saturated carbocycles. The molecule has 16 heavy (non-hydrogen) atoms.